The number of carbonyl (C=O) groups excluding carboxylic acids is 1. The number of piperidine rings is 1. The Labute approximate surface area is 195 Å². The average molecular weight is 455 g/mol. The van der Waals surface area contributed by atoms with Crippen molar-refractivity contribution >= 4 is 35.5 Å². The fourth-order valence-corrected chi connectivity index (χ4v) is 4.20. The first kappa shape index (κ1) is 23.3. The van der Waals surface area contributed by atoms with Gasteiger partial charge in [0, 0.05) is 47.5 Å². The quantitative estimate of drug-likeness (QED) is 0.436. The number of hydrogen-bond donors (Lipinski definition) is 1. The lowest BCUT2D eigenvalue weighted by atomic mass is 9.99. The standard InChI is InChI=1S/C26H27ClN2O.ClH/c27-22-11-12-25(24(19-22)26(30)21-9-5-2-6-10-21)28-23-14-17-29(18-15-23)16-13-20-7-3-1-4-8-20;/h1-12,19,23,28H,13-18H2;1H. The van der Waals surface area contributed by atoms with Crippen LogP contribution >= 0.6 is 24.0 Å². The maximum atomic E-state index is 13.0. The molecular weight excluding hydrogens is 427 g/mol. The number of carbonyl (C=O) groups is 1. The molecule has 0 bridgehead atoms. The third-order valence-corrected chi connectivity index (χ3v) is 6.00. The number of anilines is 1. The molecule has 1 aliphatic rings. The van der Waals surface area contributed by atoms with Gasteiger partial charge in [-0.15, -0.1) is 12.4 Å². The molecule has 0 saturated carbocycles. The molecule has 162 valence electrons. The highest BCUT2D eigenvalue weighted by molar-refractivity contribution is 6.31. The van der Waals surface area contributed by atoms with E-state index in [-0.39, 0.29) is 18.2 Å². The summed E-state index contributed by atoms with van der Waals surface area (Å²) in [6, 6.07) is 25.9. The molecule has 3 aromatic rings. The lowest BCUT2D eigenvalue weighted by Crippen LogP contribution is -2.40. The molecule has 0 aliphatic carbocycles. The minimum atomic E-state index is 0. The van der Waals surface area contributed by atoms with Crippen LogP contribution in [0.5, 0.6) is 0 Å². The van der Waals surface area contributed by atoms with Crippen molar-refractivity contribution in [2.24, 2.45) is 0 Å². The SMILES string of the molecule is Cl.O=C(c1ccccc1)c1cc(Cl)ccc1NC1CCN(CCc2ccccc2)CC1. The first-order chi connectivity index (χ1) is 14.7. The summed E-state index contributed by atoms with van der Waals surface area (Å²) in [5, 5.41) is 4.19. The van der Waals surface area contributed by atoms with Gasteiger partial charge in [0.2, 0.25) is 0 Å². The van der Waals surface area contributed by atoms with Gasteiger partial charge < -0.3 is 10.2 Å². The van der Waals surface area contributed by atoms with Crippen LogP contribution in [0.15, 0.2) is 78.9 Å². The van der Waals surface area contributed by atoms with E-state index in [0.29, 0.717) is 22.2 Å². The Bertz CT molecular complexity index is 971. The summed E-state index contributed by atoms with van der Waals surface area (Å²) in [6.45, 7) is 3.23. The molecule has 4 rings (SSSR count). The van der Waals surface area contributed by atoms with Crippen molar-refractivity contribution in [3.8, 4) is 0 Å². The van der Waals surface area contributed by atoms with Crippen molar-refractivity contribution in [2.45, 2.75) is 25.3 Å². The summed E-state index contributed by atoms with van der Waals surface area (Å²) < 4.78 is 0. The van der Waals surface area contributed by atoms with E-state index in [9.17, 15) is 4.79 Å². The van der Waals surface area contributed by atoms with Crippen LogP contribution in [-0.4, -0.2) is 36.4 Å². The molecule has 3 nitrogen and oxygen atoms in total. The Balaban J connectivity index is 0.00000272. The second kappa shape index (κ2) is 11.3. The maximum absolute atomic E-state index is 13.0. The highest BCUT2D eigenvalue weighted by Gasteiger charge is 2.21. The predicted molar refractivity (Wildman–Crippen MR) is 132 cm³/mol. The molecule has 0 amide bonds. The van der Waals surface area contributed by atoms with Crippen molar-refractivity contribution in [2.75, 3.05) is 25.0 Å². The smallest absolute Gasteiger partial charge is 0.195 e. The molecule has 0 spiro atoms. The van der Waals surface area contributed by atoms with E-state index in [2.05, 4.69) is 40.5 Å². The Morgan fingerprint density at radius 1 is 0.935 bits per heavy atom. The minimum absolute atomic E-state index is 0. The summed E-state index contributed by atoms with van der Waals surface area (Å²) in [6.07, 6.45) is 3.22. The van der Waals surface area contributed by atoms with E-state index in [1.807, 2.05) is 42.5 Å². The van der Waals surface area contributed by atoms with Gasteiger partial charge in [0.05, 0.1) is 0 Å². The number of rotatable bonds is 7. The van der Waals surface area contributed by atoms with Crippen LogP contribution < -0.4 is 5.32 Å². The average Bonchev–Trinajstić information content (AvgIpc) is 2.80. The number of likely N-dealkylation sites (tertiary alicyclic amines) is 1. The van der Waals surface area contributed by atoms with Crippen molar-refractivity contribution in [3.05, 3.63) is 101 Å². The van der Waals surface area contributed by atoms with Crippen LogP contribution in [0.3, 0.4) is 0 Å². The molecular formula is C26H28Cl2N2O. The zero-order valence-electron chi connectivity index (χ0n) is 17.5. The highest BCUT2D eigenvalue weighted by Crippen LogP contribution is 2.26. The molecule has 1 saturated heterocycles. The second-order valence-corrected chi connectivity index (χ2v) is 8.32. The molecule has 0 aromatic heterocycles. The molecule has 0 atom stereocenters. The van der Waals surface area contributed by atoms with Gasteiger partial charge in [0.25, 0.3) is 0 Å². The summed E-state index contributed by atoms with van der Waals surface area (Å²) in [4.78, 5) is 15.6. The first-order valence-corrected chi connectivity index (χ1v) is 11.0. The molecule has 0 radical (unpaired) electrons. The minimum Gasteiger partial charge on any atom is -0.382 e. The topological polar surface area (TPSA) is 32.3 Å². The first-order valence-electron chi connectivity index (χ1n) is 10.6. The van der Waals surface area contributed by atoms with Gasteiger partial charge in [-0.3, -0.25) is 4.79 Å². The molecule has 5 heteroatoms. The molecule has 1 fully saturated rings. The molecule has 1 aliphatic heterocycles. The van der Waals surface area contributed by atoms with Crippen LogP contribution in [0.1, 0.15) is 34.3 Å². The number of benzene rings is 3. The van der Waals surface area contributed by atoms with Crippen LogP contribution in [-0.2, 0) is 6.42 Å². The Kier molecular flexibility index (Phi) is 8.53. The second-order valence-electron chi connectivity index (χ2n) is 7.88. The van der Waals surface area contributed by atoms with Gasteiger partial charge in [-0.05, 0) is 43.0 Å². The Hall–Kier alpha value is -2.33. The van der Waals surface area contributed by atoms with E-state index < -0.39 is 0 Å². The van der Waals surface area contributed by atoms with Gasteiger partial charge in [-0.2, -0.15) is 0 Å². The maximum Gasteiger partial charge on any atom is 0.195 e. The summed E-state index contributed by atoms with van der Waals surface area (Å²) in [5.41, 5.74) is 3.58. The van der Waals surface area contributed by atoms with Crippen molar-refractivity contribution in [3.63, 3.8) is 0 Å². The lowest BCUT2D eigenvalue weighted by Gasteiger charge is -2.33. The zero-order chi connectivity index (χ0) is 20.8. The summed E-state index contributed by atoms with van der Waals surface area (Å²) in [5.74, 6) is 0.000831. The molecule has 1 heterocycles. The van der Waals surface area contributed by atoms with E-state index >= 15 is 0 Å². The number of hydrogen-bond acceptors (Lipinski definition) is 3. The molecule has 3 aromatic carbocycles. The van der Waals surface area contributed by atoms with Crippen LogP contribution in [0.25, 0.3) is 0 Å². The lowest BCUT2D eigenvalue weighted by molar-refractivity contribution is 0.103. The van der Waals surface area contributed by atoms with Gasteiger partial charge in [-0.25, -0.2) is 0 Å². The molecule has 1 N–H and O–H groups in total. The Morgan fingerprint density at radius 3 is 2.26 bits per heavy atom. The van der Waals surface area contributed by atoms with Gasteiger partial charge in [0.15, 0.2) is 5.78 Å². The van der Waals surface area contributed by atoms with Gasteiger partial charge in [0.1, 0.15) is 0 Å². The Morgan fingerprint density at radius 2 is 1.58 bits per heavy atom. The van der Waals surface area contributed by atoms with Crippen LogP contribution in [0, 0.1) is 0 Å². The number of nitrogens with one attached hydrogen (secondary N) is 1. The van der Waals surface area contributed by atoms with Crippen molar-refractivity contribution < 1.29 is 4.79 Å². The third-order valence-electron chi connectivity index (χ3n) is 5.77. The predicted octanol–water partition coefficient (Wildman–Crippen LogP) is 6.11. The van der Waals surface area contributed by atoms with Crippen molar-refractivity contribution in [1.82, 2.24) is 4.90 Å². The largest absolute Gasteiger partial charge is 0.382 e. The summed E-state index contributed by atoms with van der Waals surface area (Å²) in [7, 11) is 0. The molecule has 0 unspecified atom stereocenters. The zero-order valence-corrected chi connectivity index (χ0v) is 19.0. The molecule has 31 heavy (non-hydrogen) atoms. The number of nitrogens with zero attached hydrogens (tertiary/aromatic N) is 1. The number of halogens is 2. The normalized spacial score (nSPS) is 14.6. The van der Waals surface area contributed by atoms with E-state index in [4.69, 9.17) is 11.6 Å². The monoisotopic (exact) mass is 454 g/mol. The third kappa shape index (κ3) is 6.33. The number of ketones is 1. The van der Waals surface area contributed by atoms with E-state index in [0.717, 1.165) is 44.6 Å². The van der Waals surface area contributed by atoms with Gasteiger partial charge in [-0.1, -0.05) is 72.3 Å². The highest BCUT2D eigenvalue weighted by atomic mass is 35.5. The fourth-order valence-electron chi connectivity index (χ4n) is 4.03. The van der Waals surface area contributed by atoms with E-state index in [1.165, 1.54) is 5.56 Å². The van der Waals surface area contributed by atoms with Gasteiger partial charge >= 0.3 is 0 Å². The van der Waals surface area contributed by atoms with Crippen LogP contribution in [0.4, 0.5) is 5.69 Å². The fraction of sp³-hybridized carbons (Fsp3) is 0.269. The van der Waals surface area contributed by atoms with Crippen LogP contribution in [0.2, 0.25) is 5.02 Å². The van der Waals surface area contributed by atoms with E-state index in [1.54, 1.807) is 6.07 Å². The van der Waals surface area contributed by atoms with Crippen molar-refractivity contribution in [1.29, 1.82) is 0 Å². The summed E-state index contributed by atoms with van der Waals surface area (Å²) >= 11 is 6.21.